The molecule has 1 unspecified atom stereocenters. The number of aliphatic hydroxyl groups is 1. The van der Waals surface area contributed by atoms with E-state index < -0.39 is 5.60 Å². The SMILES string of the molecule is CC(C)C1=CC(C)(O)C=CC=C1CBr. The second-order valence-electron chi connectivity index (χ2n) is 4.16. The van der Waals surface area contributed by atoms with Crippen molar-refractivity contribution in [3.63, 3.8) is 0 Å². The Balaban J connectivity index is 3.11. The fourth-order valence-electron chi connectivity index (χ4n) is 1.57. The van der Waals surface area contributed by atoms with Gasteiger partial charge in [-0.05, 0) is 36.1 Å². The lowest BCUT2D eigenvalue weighted by atomic mass is 9.92. The summed E-state index contributed by atoms with van der Waals surface area (Å²) < 4.78 is 0. The monoisotopic (exact) mass is 256 g/mol. The molecule has 2 heteroatoms. The van der Waals surface area contributed by atoms with E-state index in [2.05, 4.69) is 35.9 Å². The molecule has 0 heterocycles. The molecule has 1 aliphatic rings. The molecule has 1 nitrogen and oxygen atoms in total. The molecule has 0 aromatic heterocycles. The molecule has 0 fully saturated rings. The lowest BCUT2D eigenvalue weighted by molar-refractivity contribution is 0.163. The summed E-state index contributed by atoms with van der Waals surface area (Å²) >= 11 is 3.47. The molecule has 0 spiro atoms. The van der Waals surface area contributed by atoms with Crippen LogP contribution in [0.5, 0.6) is 0 Å². The van der Waals surface area contributed by atoms with E-state index in [1.165, 1.54) is 11.1 Å². The fraction of sp³-hybridized carbons (Fsp3) is 0.500. The van der Waals surface area contributed by atoms with Crippen LogP contribution in [0.2, 0.25) is 0 Å². The minimum Gasteiger partial charge on any atom is -0.382 e. The number of halogens is 1. The van der Waals surface area contributed by atoms with E-state index >= 15 is 0 Å². The molecule has 0 bridgehead atoms. The van der Waals surface area contributed by atoms with E-state index in [1.54, 1.807) is 6.92 Å². The van der Waals surface area contributed by atoms with E-state index in [0.717, 1.165) is 5.33 Å². The third kappa shape index (κ3) is 2.82. The maximum atomic E-state index is 9.98. The third-order valence-corrected chi connectivity index (χ3v) is 2.92. The van der Waals surface area contributed by atoms with Gasteiger partial charge in [0.05, 0.1) is 5.60 Å². The summed E-state index contributed by atoms with van der Waals surface area (Å²) in [6.45, 7) is 6.09. The maximum Gasteiger partial charge on any atom is 0.0989 e. The molecule has 0 aromatic rings. The topological polar surface area (TPSA) is 20.2 Å². The van der Waals surface area contributed by atoms with Crippen LogP contribution in [0.1, 0.15) is 20.8 Å². The second kappa shape index (κ2) is 4.45. The minimum atomic E-state index is -0.819. The van der Waals surface area contributed by atoms with Crippen LogP contribution < -0.4 is 0 Å². The minimum absolute atomic E-state index is 0.435. The van der Waals surface area contributed by atoms with Crippen LogP contribution in [-0.2, 0) is 0 Å². The van der Waals surface area contributed by atoms with Crippen molar-refractivity contribution < 1.29 is 5.11 Å². The highest BCUT2D eigenvalue weighted by atomic mass is 79.9. The van der Waals surface area contributed by atoms with Gasteiger partial charge in [0.15, 0.2) is 0 Å². The maximum absolute atomic E-state index is 9.98. The molecule has 0 aromatic carbocycles. The largest absolute Gasteiger partial charge is 0.382 e. The van der Waals surface area contributed by atoms with Crippen molar-refractivity contribution in [2.45, 2.75) is 26.4 Å². The van der Waals surface area contributed by atoms with Gasteiger partial charge in [0.1, 0.15) is 0 Å². The first-order valence-corrected chi connectivity index (χ1v) is 5.98. The number of allylic oxidation sites excluding steroid dienone is 4. The predicted octanol–water partition coefficient (Wildman–Crippen LogP) is 3.21. The van der Waals surface area contributed by atoms with Crippen LogP contribution >= 0.6 is 15.9 Å². The van der Waals surface area contributed by atoms with Crippen molar-refractivity contribution in [2.24, 2.45) is 5.92 Å². The summed E-state index contributed by atoms with van der Waals surface area (Å²) in [7, 11) is 0. The normalized spacial score (nSPS) is 27.3. The van der Waals surface area contributed by atoms with Gasteiger partial charge in [0, 0.05) is 5.33 Å². The first-order valence-electron chi connectivity index (χ1n) is 4.86. The zero-order valence-electron chi connectivity index (χ0n) is 8.92. The van der Waals surface area contributed by atoms with Crippen molar-refractivity contribution >= 4 is 15.9 Å². The van der Waals surface area contributed by atoms with E-state index in [1.807, 2.05) is 18.2 Å². The predicted molar refractivity (Wildman–Crippen MR) is 64.6 cm³/mol. The molecule has 1 atom stereocenters. The van der Waals surface area contributed by atoms with Gasteiger partial charge < -0.3 is 5.11 Å². The Morgan fingerprint density at radius 1 is 1.50 bits per heavy atom. The lowest BCUT2D eigenvalue weighted by Crippen LogP contribution is -2.18. The Kier molecular flexibility index (Phi) is 3.73. The van der Waals surface area contributed by atoms with Gasteiger partial charge in [-0.25, -0.2) is 0 Å². The Morgan fingerprint density at radius 2 is 2.14 bits per heavy atom. The van der Waals surface area contributed by atoms with E-state index in [-0.39, 0.29) is 0 Å². The Bertz CT molecular complexity index is 295. The van der Waals surface area contributed by atoms with Crippen LogP contribution in [0.25, 0.3) is 0 Å². The summed E-state index contributed by atoms with van der Waals surface area (Å²) in [6, 6.07) is 0. The smallest absolute Gasteiger partial charge is 0.0989 e. The Morgan fingerprint density at radius 3 is 2.64 bits per heavy atom. The number of rotatable bonds is 2. The van der Waals surface area contributed by atoms with E-state index in [0.29, 0.717) is 5.92 Å². The zero-order valence-corrected chi connectivity index (χ0v) is 10.5. The first kappa shape index (κ1) is 11.7. The van der Waals surface area contributed by atoms with Gasteiger partial charge in [0.25, 0.3) is 0 Å². The van der Waals surface area contributed by atoms with Crippen molar-refractivity contribution in [3.8, 4) is 0 Å². The molecule has 0 saturated heterocycles. The standard InChI is InChI=1S/C12H17BrO/c1-9(2)11-7-12(3,14)6-4-5-10(11)8-13/h4-7,9,14H,8H2,1-3H3. The Hall–Kier alpha value is -0.340. The molecule has 0 aliphatic heterocycles. The molecule has 0 saturated carbocycles. The molecule has 0 radical (unpaired) electrons. The van der Waals surface area contributed by atoms with Crippen LogP contribution in [0.4, 0.5) is 0 Å². The molecule has 78 valence electrons. The quantitative estimate of drug-likeness (QED) is 0.753. The summed E-state index contributed by atoms with van der Waals surface area (Å²) in [5.74, 6) is 0.435. The van der Waals surface area contributed by atoms with Gasteiger partial charge in [0.2, 0.25) is 0 Å². The number of alkyl halides is 1. The molecule has 1 N–H and O–H groups in total. The first-order chi connectivity index (χ1) is 6.46. The van der Waals surface area contributed by atoms with Gasteiger partial charge in [-0.1, -0.05) is 41.9 Å². The van der Waals surface area contributed by atoms with Crippen molar-refractivity contribution in [1.82, 2.24) is 0 Å². The van der Waals surface area contributed by atoms with Crippen molar-refractivity contribution in [2.75, 3.05) is 5.33 Å². The second-order valence-corrected chi connectivity index (χ2v) is 4.73. The highest BCUT2D eigenvalue weighted by Crippen LogP contribution is 2.27. The zero-order chi connectivity index (χ0) is 10.8. The van der Waals surface area contributed by atoms with Gasteiger partial charge in [-0.15, -0.1) is 0 Å². The average Bonchev–Trinajstić information content (AvgIpc) is 2.23. The van der Waals surface area contributed by atoms with Crippen molar-refractivity contribution in [3.05, 3.63) is 35.5 Å². The summed E-state index contributed by atoms with van der Waals surface area (Å²) in [6.07, 6.45) is 7.73. The Labute approximate surface area is 94.3 Å². The third-order valence-electron chi connectivity index (χ3n) is 2.32. The molecule has 0 amide bonds. The summed E-state index contributed by atoms with van der Waals surface area (Å²) in [5, 5.41) is 10.8. The summed E-state index contributed by atoms with van der Waals surface area (Å²) in [4.78, 5) is 0. The number of hydrogen-bond acceptors (Lipinski definition) is 1. The van der Waals surface area contributed by atoms with Gasteiger partial charge >= 0.3 is 0 Å². The number of hydrogen-bond donors (Lipinski definition) is 1. The van der Waals surface area contributed by atoms with Gasteiger partial charge in [-0.3, -0.25) is 0 Å². The molecular weight excluding hydrogens is 240 g/mol. The van der Waals surface area contributed by atoms with E-state index in [4.69, 9.17) is 0 Å². The molecule has 1 aliphatic carbocycles. The van der Waals surface area contributed by atoms with Crippen LogP contribution in [-0.4, -0.2) is 16.0 Å². The molecule has 1 rings (SSSR count). The van der Waals surface area contributed by atoms with Crippen molar-refractivity contribution in [1.29, 1.82) is 0 Å². The lowest BCUT2D eigenvalue weighted by Gasteiger charge is -2.18. The fourth-order valence-corrected chi connectivity index (χ4v) is 2.08. The van der Waals surface area contributed by atoms with E-state index in [9.17, 15) is 5.11 Å². The van der Waals surface area contributed by atoms with Crippen LogP contribution in [0.15, 0.2) is 35.5 Å². The highest BCUT2D eigenvalue weighted by molar-refractivity contribution is 9.09. The molecular formula is C12H17BrO. The van der Waals surface area contributed by atoms with Crippen LogP contribution in [0, 0.1) is 5.92 Å². The summed E-state index contributed by atoms with van der Waals surface area (Å²) in [5.41, 5.74) is 1.64. The van der Waals surface area contributed by atoms with Gasteiger partial charge in [-0.2, -0.15) is 0 Å². The van der Waals surface area contributed by atoms with Crippen LogP contribution in [0.3, 0.4) is 0 Å². The molecule has 14 heavy (non-hydrogen) atoms. The average molecular weight is 257 g/mol. The highest BCUT2D eigenvalue weighted by Gasteiger charge is 2.19.